The van der Waals surface area contributed by atoms with Gasteiger partial charge in [-0.05, 0) is 13.3 Å². The summed E-state index contributed by atoms with van der Waals surface area (Å²) in [5.41, 5.74) is 5.38. The van der Waals surface area contributed by atoms with E-state index >= 15 is 0 Å². The Morgan fingerprint density at radius 3 is 3.14 bits per heavy atom. The topological polar surface area (TPSA) is 83.8 Å². The zero-order valence-corrected chi connectivity index (χ0v) is 8.29. The standard InChI is InChI=1S/C9H16N4O/c1-7(10)9(14)13-4-2-3-8-11-5-6-12-8/h5-7H,2-4,10H2,1H3,(H,11,12)(H,13,14)/t7-/m0/s1. The fourth-order valence-corrected chi connectivity index (χ4v) is 1.06. The fourth-order valence-electron chi connectivity index (χ4n) is 1.06. The van der Waals surface area contributed by atoms with Gasteiger partial charge in [0, 0.05) is 25.4 Å². The smallest absolute Gasteiger partial charge is 0.236 e. The summed E-state index contributed by atoms with van der Waals surface area (Å²) in [7, 11) is 0. The van der Waals surface area contributed by atoms with Crippen molar-refractivity contribution < 1.29 is 4.79 Å². The van der Waals surface area contributed by atoms with Gasteiger partial charge in [0.25, 0.3) is 0 Å². The monoisotopic (exact) mass is 196 g/mol. The summed E-state index contributed by atoms with van der Waals surface area (Å²) < 4.78 is 0. The quantitative estimate of drug-likeness (QED) is 0.570. The molecule has 1 atom stereocenters. The predicted octanol–water partition coefficient (Wildman–Crippen LogP) is -0.194. The van der Waals surface area contributed by atoms with Gasteiger partial charge in [0.15, 0.2) is 0 Å². The maximum atomic E-state index is 11.0. The van der Waals surface area contributed by atoms with Gasteiger partial charge in [-0.1, -0.05) is 0 Å². The first-order valence-corrected chi connectivity index (χ1v) is 4.71. The summed E-state index contributed by atoms with van der Waals surface area (Å²) in [6.07, 6.45) is 5.21. The minimum Gasteiger partial charge on any atom is -0.355 e. The summed E-state index contributed by atoms with van der Waals surface area (Å²) >= 11 is 0. The summed E-state index contributed by atoms with van der Waals surface area (Å²) in [4.78, 5) is 18.1. The van der Waals surface area contributed by atoms with E-state index in [9.17, 15) is 4.79 Å². The molecule has 5 heteroatoms. The van der Waals surface area contributed by atoms with Crippen LogP contribution < -0.4 is 11.1 Å². The van der Waals surface area contributed by atoms with Gasteiger partial charge < -0.3 is 16.0 Å². The highest BCUT2D eigenvalue weighted by Gasteiger charge is 2.05. The number of rotatable bonds is 5. The number of hydrogen-bond acceptors (Lipinski definition) is 3. The van der Waals surface area contributed by atoms with Crippen LogP contribution in [0.5, 0.6) is 0 Å². The molecule has 0 spiro atoms. The van der Waals surface area contributed by atoms with Crippen LogP contribution in [0.1, 0.15) is 19.2 Å². The molecule has 0 bridgehead atoms. The third kappa shape index (κ3) is 3.57. The van der Waals surface area contributed by atoms with Crippen LogP contribution in [0.2, 0.25) is 0 Å². The molecule has 4 N–H and O–H groups in total. The Bertz CT molecular complexity index is 268. The minimum absolute atomic E-state index is 0.107. The Labute approximate surface area is 83.1 Å². The molecule has 0 aromatic carbocycles. The molecule has 5 nitrogen and oxygen atoms in total. The van der Waals surface area contributed by atoms with E-state index in [1.54, 1.807) is 19.3 Å². The molecule has 0 aliphatic rings. The molecule has 0 aliphatic carbocycles. The lowest BCUT2D eigenvalue weighted by Crippen LogP contribution is -2.38. The Morgan fingerprint density at radius 1 is 1.79 bits per heavy atom. The van der Waals surface area contributed by atoms with E-state index in [0.717, 1.165) is 18.7 Å². The number of amides is 1. The predicted molar refractivity (Wildman–Crippen MR) is 53.6 cm³/mol. The lowest BCUT2D eigenvalue weighted by Gasteiger charge is -2.06. The van der Waals surface area contributed by atoms with Crippen molar-refractivity contribution in [1.82, 2.24) is 15.3 Å². The van der Waals surface area contributed by atoms with E-state index in [0.29, 0.717) is 6.54 Å². The van der Waals surface area contributed by atoms with Crippen LogP contribution in [0.25, 0.3) is 0 Å². The van der Waals surface area contributed by atoms with Crippen LogP contribution in [0.3, 0.4) is 0 Å². The van der Waals surface area contributed by atoms with Crippen LogP contribution in [-0.2, 0) is 11.2 Å². The Kier molecular flexibility index (Phi) is 4.12. The third-order valence-corrected chi connectivity index (χ3v) is 1.86. The molecule has 14 heavy (non-hydrogen) atoms. The summed E-state index contributed by atoms with van der Waals surface area (Å²) in [6.45, 7) is 2.31. The molecule has 0 saturated carbocycles. The average molecular weight is 196 g/mol. The van der Waals surface area contributed by atoms with Gasteiger partial charge in [-0.25, -0.2) is 4.98 Å². The highest BCUT2D eigenvalue weighted by atomic mass is 16.2. The van der Waals surface area contributed by atoms with E-state index in [-0.39, 0.29) is 5.91 Å². The van der Waals surface area contributed by atoms with Gasteiger partial charge in [-0.3, -0.25) is 4.79 Å². The molecular formula is C9H16N4O. The van der Waals surface area contributed by atoms with Crippen molar-refractivity contribution in [2.75, 3.05) is 6.54 Å². The lowest BCUT2D eigenvalue weighted by molar-refractivity contribution is -0.121. The lowest BCUT2D eigenvalue weighted by atomic mass is 10.3. The minimum atomic E-state index is -0.432. The number of imidazole rings is 1. The van der Waals surface area contributed by atoms with E-state index in [4.69, 9.17) is 5.73 Å². The maximum Gasteiger partial charge on any atom is 0.236 e. The molecular weight excluding hydrogens is 180 g/mol. The van der Waals surface area contributed by atoms with Crippen molar-refractivity contribution in [3.05, 3.63) is 18.2 Å². The van der Waals surface area contributed by atoms with Crippen LogP contribution in [0, 0.1) is 0 Å². The maximum absolute atomic E-state index is 11.0. The van der Waals surface area contributed by atoms with E-state index in [1.807, 2.05) is 0 Å². The number of aromatic nitrogens is 2. The number of nitrogens with zero attached hydrogens (tertiary/aromatic N) is 1. The second-order valence-electron chi connectivity index (χ2n) is 3.22. The normalized spacial score (nSPS) is 12.4. The first-order chi connectivity index (χ1) is 6.70. The molecule has 0 radical (unpaired) electrons. The molecule has 1 aromatic rings. The van der Waals surface area contributed by atoms with E-state index in [2.05, 4.69) is 15.3 Å². The van der Waals surface area contributed by atoms with Crippen molar-refractivity contribution >= 4 is 5.91 Å². The molecule has 0 saturated heterocycles. The number of carbonyl (C=O) groups is 1. The number of nitrogens with one attached hydrogen (secondary N) is 2. The first kappa shape index (κ1) is 10.7. The third-order valence-electron chi connectivity index (χ3n) is 1.86. The number of aryl methyl sites for hydroxylation is 1. The van der Waals surface area contributed by atoms with Gasteiger partial charge in [-0.15, -0.1) is 0 Å². The molecule has 0 unspecified atom stereocenters. The Balaban J connectivity index is 2.08. The molecule has 1 heterocycles. The van der Waals surface area contributed by atoms with Crippen LogP contribution >= 0.6 is 0 Å². The summed E-state index contributed by atoms with van der Waals surface area (Å²) in [5, 5.41) is 2.74. The molecule has 0 fully saturated rings. The van der Waals surface area contributed by atoms with Gasteiger partial charge in [0.05, 0.1) is 6.04 Å². The molecule has 1 amide bonds. The Morgan fingerprint density at radius 2 is 2.57 bits per heavy atom. The van der Waals surface area contributed by atoms with Gasteiger partial charge in [0.2, 0.25) is 5.91 Å². The van der Waals surface area contributed by atoms with Gasteiger partial charge in [-0.2, -0.15) is 0 Å². The summed E-state index contributed by atoms with van der Waals surface area (Å²) in [5.74, 6) is 0.837. The number of nitrogens with two attached hydrogens (primary N) is 1. The second-order valence-corrected chi connectivity index (χ2v) is 3.22. The van der Waals surface area contributed by atoms with Crippen LogP contribution in [0.4, 0.5) is 0 Å². The number of aromatic amines is 1. The highest BCUT2D eigenvalue weighted by Crippen LogP contribution is 1.93. The zero-order valence-electron chi connectivity index (χ0n) is 8.29. The molecule has 78 valence electrons. The first-order valence-electron chi connectivity index (χ1n) is 4.71. The van der Waals surface area contributed by atoms with Gasteiger partial charge >= 0.3 is 0 Å². The van der Waals surface area contributed by atoms with Crippen molar-refractivity contribution in [2.24, 2.45) is 5.73 Å². The number of H-pyrrole nitrogens is 1. The van der Waals surface area contributed by atoms with E-state index < -0.39 is 6.04 Å². The molecule has 0 aliphatic heterocycles. The van der Waals surface area contributed by atoms with Crippen LogP contribution in [0.15, 0.2) is 12.4 Å². The largest absolute Gasteiger partial charge is 0.355 e. The van der Waals surface area contributed by atoms with E-state index in [1.165, 1.54) is 0 Å². The zero-order chi connectivity index (χ0) is 10.4. The van der Waals surface area contributed by atoms with Crippen molar-refractivity contribution in [1.29, 1.82) is 0 Å². The van der Waals surface area contributed by atoms with Crippen molar-refractivity contribution in [2.45, 2.75) is 25.8 Å². The average Bonchev–Trinajstić information content (AvgIpc) is 2.64. The Hall–Kier alpha value is -1.36. The number of hydrogen-bond donors (Lipinski definition) is 3. The fraction of sp³-hybridized carbons (Fsp3) is 0.556. The van der Waals surface area contributed by atoms with Crippen LogP contribution in [-0.4, -0.2) is 28.5 Å². The SMILES string of the molecule is C[C@H](N)C(=O)NCCCc1ncc[nH]1. The second kappa shape index (κ2) is 5.39. The molecule has 1 aromatic heterocycles. The molecule has 1 rings (SSSR count). The van der Waals surface area contributed by atoms with Crippen molar-refractivity contribution in [3.63, 3.8) is 0 Å². The van der Waals surface area contributed by atoms with Crippen molar-refractivity contribution in [3.8, 4) is 0 Å². The van der Waals surface area contributed by atoms with Gasteiger partial charge in [0.1, 0.15) is 5.82 Å². The number of carbonyl (C=O) groups excluding carboxylic acids is 1. The summed E-state index contributed by atoms with van der Waals surface area (Å²) in [6, 6.07) is -0.432. The highest BCUT2D eigenvalue weighted by molar-refractivity contribution is 5.80.